The summed E-state index contributed by atoms with van der Waals surface area (Å²) in [7, 11) is 0. The number of hydrogen-bond donors (Lipinski definition) is 14. The van der Waals surface area contributed by atoms with Gasteiger partial charge >= 0.3 is 0 Å². The highest BCUT2D eigenvalue weighted by Crippen LogP contribution is 2.34. The topological polar surface area (TPSA) is 357 Å². The summed E-state index contributed by atoms with van der Waals surface area (Å²) < 4.78 is 39.2. The van der Waals surface area contributed by atoms with E-state index in [1.54, 1.807) is 0 Å². The number of rotatable bonds is 12. The van der Waals surface area contributed by atoms with Crippen molar-refractivity contribution >= 4 is 5.91 Å². The number of hydrogen-bond acceptors (Lipinski definition) is 21. The zero-order valence-electron chi connectivity index (χ0n) is 26.2. The van der Waals surface area contributed by atoms with Crippen LogP contribution in [0.4, 0.5) is 0 Å². The van der Waals surface area contributed by atoms with Crippen LogP contribution in [0.5, 0.6) is 0 Å². The molecule has 0 aromatic rings. The summed E-state index contributed by atoms with van der Waals surface area (Å²) in [6, 6.07) is -1.60. The van der Waals surface area contributed by atoms with E-state index in [9.17, 15) is 71.2 Å². The lowest BCUT2D eigenvalue weighted by atomic mass is 9.93. The van der Waals surface area contributed by atoms with Gasteiger partial charge in [-0.25, -0.2) is 0 Å². The van der Waals surface area contributed by atoms with Crippen molar-refractivity contribution in [3.8, 4) is 0 Å². The number of amides is 1. The first-order valence-electron chi connectivity index (χ1n) is 15.6. The second-order valence-corrected chi connectivity index (χ2v) is 12.2. The average Bonchev–Trinajstić information content (AvgIpc) is 3.08. The molecule has 0 saturated carbocycles. The number of nitrogens with one attached hydrogen (secondary N) is 1. The Balaban J connectivity index is 1.61. The number of ether oxygens (including phenoxy) is 7. The lowest BCUT2D eigenvalue weighted by molar-refractivity contribution is -0.375. The van der Waals surface area contributed by atoms with Gasteiger partial charge in [-0.3, -0.25) is 4.79 Å². The van der Waals surface area contributed by atoms with E-state index in [1.807, 2.05) is 0 Å². The van der Waals surface area contributed by atoms with Crippen LogP contribution < -0.4 is 5.32 Å². The van der Waals surface area contributed by atoms with Gasteiger partial charge in [0.15, 0.2) is 18.9 Å². The number of aliphatic hydroxyl groups is 13. The average molecular weight is 722 g/mol. The maximum absolute atomic E-state index is 12.3. The van der Waals surface area contributed by atoms with Crippen LogP contribution >= 0.6 is 0 Å². The molecular weight excluding hydrogens is 674 g/mol. The first-order valence-corrected chi connectivity index (χ1v) is 15.6. The van der Waals surface area contributed by atoms with E-state index < -0.39 is 162 Å². The molecule has 20 unspecified atom stereocenters. The largest absolute Gasteiger partial charge is 0.394 e. The summed E-state index contributed by atoms with van der Waals surface area (Å²) in [5.74, 6) is -0.761. The third kappa shape index (κ3) is 8.50. The van der Waals surface area contributed by atoms with Crippen molar-refractivity contribution in [3.63, 3.8) is 0 Å². The van der Waals surface area contributed by atoms with Crippen molar-refractivity contribution in [2.75, 3.05) is 33.0 Å². The van der Waals surface area contributed by atoms with Crippen LogP contribution in [0, 0.1) is 0 Å². The number of carbonyl (C=O) groups excluding carboxylic acids is 1. The lowest BCUT2D eigenvalue weighted by Gasteiger charge is -2.50. The second kappa shape index (κ2) is 17.5. The van der Waals surface area contributed by atoms with E-state index in [1.165, 1.54) is 0 Å². The van der Waals surface area contributed by atoms with Crippen LogP contribution in [0.1, 0.15) is 6.92 Å². The van der Waals surface area contributed by atoms with Gasteiger partial charge in [0.1, 0.15) is 104 Å². The molecule has 22 nitrogen and oxygen atoms in total. The minimum Gasteiger partial charge on any atom is -0.394 e. The molecule has 49 heavy (non-hydrogen) atoms. The van der Waals surface area contributed by atoms with Crippen LogP contribution in [-0.2, 0) is 38.0 Å². The van der Waals surface area contributed by atoms with Gasteiger partial charge in [-0.1, -0.05) is 0 Å². The van der Waals surface area contributed by atoms with Gasteiger partial charge in [-0.15, -0.1) is 0 Å². The molecule has 4 aliphatic rings. The zero-order chi connectivity index (χ0) is 36.3. The summed E-state index contributed by atoms with van der Waals surface area (Å²) in [6.45, 7) is -3.06. The third-order valence-electron chi connectivity index (χ3n) is 8.91. The molecule has 4 aliphatic heterocycles. The Bertz CT molecular complexity index is 1040. The van der Waals surface area contributed by atoms with E-state index >= 15 is 0 Å². The predicted molar refractivity (Wildman–Crippen MR) is 150 cm³/mol. The summed E-state index contributed by atoms with van der Waals surface area (Å²) in [4.78, 5) is 12.3. The molecule has 286 valence electrons. The molecule has 0 radical (unpaired) electrons. The zero-order valence-corrected chi connectivity index (χ0v) is 26.2. The minimum absolute atomic E-state index is 0.722. The van der Waals surface area contributed by atoms with Crippen molar-refractivity contribution in [1.82, 2.24) is 5.32 Å². The van der Waals surface area contributed by atoms with Crippen LogP contribution in [0.25, 0.3) is 0 Å². The van der Waals surface area contributed by atoms with Crippen LogP contribution in [0.2, 0.25) is 0 Å². The summed E-state index contributed by atoms with van der Waals surface area (Å²) in [5, 5.41) is 136. The molecule has 4 saturated heterocycles. The standard InChI is InChI=1S/C27H47NO21/c1-7(34)28-13-23(48-26-20(41)18(39)14(35)9(3-30)45-26)16(37)10(4-31)44-25(13)49-24-17(38)11(5-32)46-27(21(24)42)47-22-12(6-33)43-8(2-29)15(36)19(22)40/h8-27,29-33,35-42H,2-6H2,1H3,(H,28,34). The van der Waals surface area contributed by atoms with Gasteiger partial charge < -0.3 is 105 Å². The molecule has 0 aromatic heterocycles. The molecule has 0 aromatic carbocycles. The molecular formula is C27H47NO21. The first kappa shape index (κ1) is 40.4. The molecule has 4 fully saturated rings. The highest BCUT2D eigenvalue weighted by Gasteiger charge is 2.55. The molecule has 4 rings (SSSR count). The Hall–Kier alpha value is -1.33. The fourth-order valence-electron chi connectivity index (χ4n) is 6.19. The Morgan fingerprint density at radius 2 is 0.878 bits per heavy atom. The lowest BCUT2D eigenvalue weighted by Crippen LogP contribution is -2.70. The Morgan fingerprint density at radius 3 is 1.41 bits per heavy atom. The highest BCUT2D eigenvalue weighted by molar-refractivity contribution is 5.73. The van der Waals surface area contributed by atoms with Gasteiger partial charge in [0.2, 0.25) is 5.91 Å². The fourth-order valence-corrected chi connectivity index (χ4v) is 6.19. The quantitative estimate of drug-likeness (QED) is 0.0889. The Morgan fingerprint density at radius 1 is 0.469 bits per heavy atom. The van der Waals surface area contributed by atoms with Gasteiger partial charge in [0.05, 0.1) is 33.0 Å². The predicted octanol–water partition coefficient (Wildman–Crippen LogP) is -9.56. The summed E-state index contributed by atoms with van der Waals surface area (Å²) in [5.41, 5.74) is 0. The monoisotopic (exact) mass is 721 g/mol. The molecule has 0 spiro atoms. The van der Waals surface area contributed by atoms with Crippen LogP contribution in [0.15, 0.2) is 0 Å². The summed E-state index contributed by atoms with van der Waals surface area (Å²) >= 11 is 0. The van der Waals surface area contributed by atoms with E-state index in [0.717, 1.165) is 6.92 Å². The molecule has 4 heterocycles. The molecule has 14 N–H and O–H groups in total. The van der Waals surface area contributed by atoms with Gasteiger partial charge in [0.25, 0.3) is 0 Å². The summed E-state index contributed by atoms with van der Waals surface area (Å²) in [6.07, 6.45) is -32.7. The first-order chi connectivity index (χ1) is 23.2. The maximum Gasteiger partial charge on any atom is 0.217 e. The van der Waals surface area contributed by atoms with Gasteiger partial charge in [0, 0.05) is 6.92 Å². The second-order valence-electron chi connectivity index (χ2n) is 12.2. The highest BCUT2D eigenvalue weighted by atomic mass is 16.8. The number of carbonyl (C=O) groups is 1. The van der Waals surface area contributed by atoms with Crippen molar-refractivity contribution in [2.45, 2.75) is 129 Å². The molecule has 1 amide bonds. The fraction of sp³-hybridized carbons (Fsp3) is 0.963. The molecule has 0 bridgehead atoms. The number of aliphatic hydroxyl groups excluding tert-OH is 13. The van der Waals surface area contributed by atoms with Gasteiger partial charge in [-0.05, 0) is 0 Å². The van der Waals surface area contributed by atoms with Crippen molar-refractivity contribution < 1.29 is 104 Å². The van der Waals surface area contributed by atoms with Crippen molar-refractivity contribution in [1.29, 1.82) is 0 Å². The molecule has 20 atom stereocenters. The van der Waals surface area contributed by atoms with E-state index in [4.69, 9.17) is 33.2 Å². The molecule has 22 heteroatoms. The van der Waals surface area contributed by atoms with E-state index in [0.29, 0.717) is 0 Å². The van der Waals surface area contributed by atoms with Gasteiger partial charge in [-0.2, -0.15) is 0 Å². The van der Waals surface area contributed by atoms with Crippen LogP contribution in [-0.4, -0.2) is 228 Å². The van der Waals surface area contributed by atoms with E-state index in [-0.39, 0.29) is 0 Å². The van der Waals surface area contributed by atoms with E-state index in [2.05, 4.69) is 5.32 Å². The Labute approximate surface area is 278 Å². The van der Waals surface area contributed by atoms with Crippen LogP contribution in [0.3, 0.4) is 0 Å². The van der Waals surface area contributed by atoms with Crippen molar-refractivity contribution in [2.24, 2.45) is 0 Å². The third-order valence-corrected chi connectivity index (χ3v) is 8.91. The Kier molecular flexibility index (Phi) is 14.4. The van der Waals surface area contributed by atoms with Crippen molar-refractivity contribution in [3.05, 3.63) is 0 Å². The normalized spacial score (nSPS) is 49.4. The smallest absolute Gasteiger partial charge is 0.217 e. The SMILES string of the molecule is CC(=O)NC1C(OC2C(O)C(CO)OC(OC3C(CO)OC(CO)C(O)C3O)C2O)OC(CO)C(O)C1OC1OC(CO)C(O)C(O)C1O. The minimum atomic E-state index is -2.03. The molecule has 0 aliphatic carbocycles. The maximum atomic E-state index is 12.3.